The molecular weight excluding hydrogens is 552 g/mol. The lowest BCUT2D eigenvalue weighted by molar-refractivity contribution is -0.144. The van der Waals surface area contributed by atoms with Crippen LogP contribution in [0.4, 0.5) is 5.69 Å². The zero-order chi connectivity index (χ0) is 30.8. The monoisotopic (exact) mass is 588 g/mol. The minimum atomic E-state index is -0.336. The zero-order valence-electron chi connectivity index (χ0n) is 25.5. The molecule has 0 radical (unpaired) electrons. The van der Waals surface area contributed by atoms with Gasteiger partial charge in [0.2, 0.25) is 0 Å². The molecule has 224 valence electrons. The van der Waals surface area contributed by atoms with E-state index in [1.54, 1.807) is 4.57 Å². The van der Waals surface area contributed by atoms with Gasteiger partial charge in [0, 0.05) is 23.7 Å². The third-order valence-corrected chi connectivity index (χ3v) is 8.45. The molecule has 0 N–H and O–H groups in total. The zero-order valence-corrected chi connectivity index (χ0v) is 25.5. The number of benzene rings is 4. The number of esters is 1. The van der Waals surface area contributed by atoms with Crippen LogP contribution in [0.25, 0.3) is 10.9 Å². The number of rotatable bonds is 8. The number of hydrogen-bond donors (Lipinski definition) is 0. The molecule has 44 heavy (non-hydrogen) atoms. The van der Waals surface area contributed by atoms with Gasteiger partial charge in [0.05, 0.1) is 24.2 Å². The average Bonchev–Trinajstić information content (AvgIpc) is 3.31. The number of para-hydroxylation sites is 3. The molecule has 5 aromatic rings. The Morgan fingerprint density at radius 2 is 1.59 bits per heavy atom. The van der Waals surface area contributed by atoms with E-state index in [0.29, 0.717) is 18.7 Å². The van der Waals surface area contributed by atoms with E-state index >= 15 is 0 Å². The van der Waals surface area contributed by atoms with E-state index in [-0.39, 0.29) is 31.0 Å². The Labute approximate surface area is 257 Å². The highest BCUT2D eigenvalue weighted by molar-refractivity contribution is 6.05. The Kier molecular flexibility index (Phi) is 8.11. The molecule has 0 saturated carbocycles. The predicted octanol–water partition coefficient (Wildman–Crippen LogP) is 6.82. The first-order valence-corrected chi connectivity index (χ1v) is 14.8. The second kappa shape index (κ2) is 12.3. The van der Waals surface area contributed by atoms with Crippen molar-refractivity contribution in [2.24, 2.45) is 0 Å². The fraction of sp³-hybridized carbons (Fsp3) is 0.243. The van der Waals surface area contributed by atoms with Gasteiger partial charge in [-0.25, -0.2) is 0 Å². The fourth-order valence-corrected chi connectivity index (χ4v) is 5.92. The highest BCUT2D eigenvalue weighted by atomic mass is 16.5. The Morgan fingerprint density at radius 1 is 0.864 bits per heavy atom. The Hall–Kier alpha value is -5.04. The van der Waals surface area contributed by atoms with E-state index in [4.69, 9.17) is 14.2 Å². The van der Waals surface area contributed by atoms with E-state index in [9.17, 15) is 9.59 Å². The lowest BCUT2D eigenvalue weighted by Crippen LogP contribution is -2.41. The van der Waals surface area contributed by atoms with Gasteiger partial charge in [0.1, 0.15) is 30.8 Å². The van der Waals surface area contributed by atoms with Crippen molar-refractivity contribution in [2.75, 3.05) is 25.1 Å². The van der Waals surface area contributed by atoms with Crippen LogP contribution in [-0.2, 0) is 22.6 Å². The maximum Gasteiger partial charge on any atom is 0.310 e. The minimum Gasteiger partial charge on any atom is -0.489 e. The predicted molar refractivity (Wildman–Crippen MR) is 172 cm³/mol. The number of hydrogen-bond acceptors (Lipinski definition) is 6. The van der Waals surface area contributed by atoms with E-state index in [2.05, 4.69) is 11.9 Å². The first-order chi connectivity index (χ1) is 21.3. The molecule has 4 aromatic carbocycles. The third-order valence-electron chi connectivity index (χ3n) is 8.45. The summed E-state index contributed by atoms with van der Waals surface area (Å²) >= 11 is 0. The van der Waals surface area contributed by atoms with E-state index in [1.807, 2.05) is 112 Å². The van der Waals surface area contributed by atoms with Gasteiger partial charge >= 0.3 is 5.97 Å². The molecule has 1 aromatic heterocycles. The summed E-state index contributed by atoms with van der Waals surface area (Å²) in [7, 11) is 2.05. The van der Waals surface area contributed by atoms with Crippen molar-refractivity contribution in [3.05, 3.63) is 125 Å². The second-order valence-corrected chi connectivity index (χ2v) is 11.3. The van der Waals surface area contributed by atoms with Crippen LogP contribution < -0.4 is 14.4 Å². The van der Waals surface area contributed by atoms with Crippen molar-refractivity contribution in [2.45, 2.75) is 39.9 Å². The SMILES string of the molecule is Cc1c(OC[C@@H]2CN(C)c3ccccc3O2)ccc(C(=O)n2c(C)c(CC(=O)OCc3ccccc3)c3ccccc32)c1C. The molecule has 0 amide bonds. The van der Waals surface area contributed by atoms with Crippen molar-refractivity contribution >= 4 is 28.5 Å². The van der Waals surface area contributed by atoms with Crippen LogP contribution in [0.1, 0.15) is 38.3 Å². The van der Waals surface area contributed by atoms with Gasteiger partial charge in [-0.2, -0.15) is 0 Å². The first kappa shape index (κ1) is 29.1. The number of carbonyl (C=O) groups is 2. The Balaban J connectivity index is 1.21. The summed E-state index contributed by atoms with van der Waals surface area (Å²) in [5, 5.41) is 0.864. The normalized spacial score (nSPS) is 14.2. The van der Waals surface area contributed by atoms with Crippen LogP contribution in [0.5, 0.6) is 11.5 Å². The number of anilines is 1. The molecule has 0 saturated heterocycles. The van der Waals surface area contributed by atoms with Gasteiger partial charge in [-0.15, -0.1) is 0 Å². The molecule has 0 spiro atoms. The van der Waals surface area contributed by atoms with Crippen molar-refractivity contribution in [1.29, 1.82) is 0 Å². The highest BCUT2D eigenvalue weighted by Gasteiger charge is 2.26. The molecule has 7 heteroatoms. The molecule has 1 aliphatic heterocycles. The molecule has 0 unspecified atom stereocenters. The van der Waals surface area contributed by atoms with Gasteiger partial charge in [-0.1, -0.05) is 60.7 Å². The quantitative estimate of drug-likeness (QED) is 0.185. The topological polar surface area (TPSA) is 70.0 Å². The maximum absolute atomic E-state index is 14.1. The molecule has 1 atom stereocenters. The minimum absolute atomic E-state index is 0.0765. The summed E-state index contributed by atoms with van der Waals surface area (Å²) in [6, 6.07) is 29.0. The number of fused-ring (bicyclic) bond motifs is 2. The molecule has 0 aliphatic carbocycles. The fourth-order valence-electron chi connectivity index (χ4n) is 5.92. The van der Waals surface area contributed by atoms with Crippen molar-refractivity contribution in [3.63, 3.8) is 0 Å². The lowest BCUT2D eigenvalue weighted by Gasteiger charge is -2.33. The average molecular weight is 589 g/mol. The molecule has 1 aliphatic rings. The standard InChI is InChI=1S/C37H36N2O5/c1-24-25(2)34(42-23-28-21-38(4)33-16-10-11-17-35(33)44-28)19-18-29(24)37(41)39-26(3)31(30-14-8-9-15-32(30)39)20-36(40)43-22-27-12-6-5-7-13-27/h5-19,28H,20-23H2,1-4H3/t28-/m0/s1. The van der Waals surface area contributed by atoms with Crippen molar-refractivity contribution < 1.29 is 23.8 Å². The van der Waals surface area contributed by atoms with Crippen LogP contribution in [0.3, 0.4) is 0 Å². The van der Waals surface area contributed by atoms with Gasteiger partial charge in [0.25, 0.3) is 5.91 Å². The number of nitrogens with zero attached hydrogens (tertiary/aromatic N) is 2. The first-order valence-electron chi connectivity index (χ1n) is 14.8. The van der Waals surface area contributed by atoms with E-state index in [1.165, 1.54) is 0 Å². The van der Waals surface area contributed by atoms with E-state index in [0.717, 1.165) is 56.0 Å². The van der Waals surface area contributed by atoms with Crippen molar-refractivity contribution in [1.82, 2.24) is 4.57 Å². The van der Waals surface area contributed by atoms with Crippen LogP contribution in [0, 0.1) is 20.8 Å². The highest BCUT2D eigenvalue weighted by Crippen LogP contribution is 2.33. The largest absolute Gasteiger partial charge is 0.489 e. The Morgan fingerprint density at radius 3 is 2.41 bits per heavy atom. The summed E-state index contributed by atoms with van der Waals surface area (Å²) in [5.41, 5.74) is 6.61. The van der Waals surface area contributed by atoms with E-state index < -0.39 is 0 Å². The lowest BCUT2D eigenvalue weighted by atomic mass is 10.0. The molecular formula is C37H36N2O5. The van der Waals surface area contributed by atoms with Crippen LogP contribution in [-0.4, -0.2) is 42.7 Å². The number of ether oxygens (including phenoxy) is 3. The van der Waals surface area contributed by atoms with Gasteiger partial charge in [0.15, 0.2) is 0 Å². The molecule has 0 bridgehead atoms. The summed E-state index contributed by atoms with van der Waals surface area (Å²) < 4.78 is 19.7. The van der Waals surface area contributed by atoms with Crippen LogP contribution in [0.2, 0.25) is 0 Å². The Bertz CT molecular complexity index is 1840. The van der Waals surface area contributed by atoms with Crippen LogP contribution >= 0.6 is 0 Å². The number of likely N-dealkylation sites (N-methyl/N-ethyl adjacent to an activating group) is 1. The number of carbonyl (C=O) groups excluding carboxylic acids is 2. The summed E-state index contributed by atoms with van der Waals surface area (Å²) in [5.74, 6) is 1.09. The smallest absolute Gasteiger partial charge is 0.310 e. The number of aromatic nitrogens is 1. The molecule has 2 heterocycles. The second-order valence-electron chi connectivity index (χ2n) is 11.3. The summed E-state index contributed by atoms with van der Waals surface area (Å²) in [6.07, 6.45) is -0.0460. The summed E-state index contributed by atoms with van der Waals surface area (Å²) in [6.45, 7) is 7.11. The molecule has 6 rings (SSSR count). The van der Waals surface area contributed by atoms with Crippen LogP contribution in [0.15, 0.2) is 91.0 Å². The van der Waals surface area contributed by atoms with Gasteiger partial charge in [-0.3, -0.25) is 14.2 Å². The maximum atomic E-state index is 14.1. The summed E-state index contributed by atoms with van der Waals surface area (Å²) in [4.78, 5) is 29.2. The van der Waals surface area contributed by atoms with Gasteiger partial charge < -0.3 is 19.1 Å². The third kappa shape index (κ3) is 5.65. The molecule has 0 fully saturated rings. The van der Waals surface area contributed by atoms with Gasteiger partial charge in [-0.05, 0) is 73.4 Å². The molecule has 7 nitrogen and oxygen atoms in total. The van der Waals surface area contributed by atoms with Crippen molar-refractivity contribution in [3.8, 4) is 11.5 Å².